The maximum Gasteiger partial charge on any atom is 0.123 e. The van der Waals surface area contributed by atoms with Gasteiger partial charge in [-0.3, -0.25) is 16.7 Å². The lowest BCUT2D eigenvalue weighted by Crippen LogP contribution is -2.13. The van der Waals surface area contributed by atoms with Gasteiger partial charge in [-0.25, -0.2) is 0 Å². The highest BCUT2D eigenvalue weighted by atomic mass is 15.2. The molecule has 0 saturated heterocycles. The monoisotopic (exact) mass is 432 g/mol. The highest BCUT2D eigenvalue weighted by Gasteiger charge is 2.05. The summed E-state index contributed by atoms with van der Waals surface area (Å²) in [7, 11) is 1.65. The van der Waals surface area contributed by atoms with Gasteiger partial charge in [-0.2, -0.15) is 0 Å². The Kier molecular flexibility index (Phi) is 20.8. The van der Waals surface area contributed by atoms with Crippen molar-refractivity contribution in [3.05, 3.63) is 34.9 Å². The molecule has 0 aromatic heterocycles. The van der Waals surface area contributed by atoms with Gasteiger partial charge in [0.15, 0.2) is 0 Å². The molecule has 6 N–H and O–H groups in total. The number of nitrogens with one attached hydrogen (secondary N) is 2. The molecule has 0 spiro atoms. The number of hydrogen-bond donors (Lipinski definition) is 4. The van der Waals surface area contributed by atoms with Gasteiger partial charge in [0.1, 0.15) is 5.84 Å². The van der Waals surface area contributed by atoms with E-state index in [0.29, 0.717) is 0 Å². The molecule has 0 fully saturated rings. The van der Waals surface area contributed by atoms with Crippen LogP contribution in [0.4, 0.5) is 0 Å². The van der Waals surface area contributed by atoms with Crippen molar-refractivity contribution in [2.75, 3.05) is 7.05 Å². The van der Waals surface area contributed by atoms with E-state index in [1.54, 1.807) is 7.05 Å². The van der Waals surface area contributed by atoms with Gasteiger partial charge in [0, 0.05) is 5.56 Å². The number of unbranched alkanes of at least 4 members (excludes halogenated alkanes) is 15. The molecule has 1 rings (SSSR count). The first-order valence-corrected chi connectivity index (χ1v) is 12.9. The highest BCUT2D eigenvalue weighted by molar-refractivity contribution is 5.96. The molecular formula is C27H52N4. The van der Waals surface area contributed by atoms with E-state index in [1.807, 2.05) is 12.1 Å². The first-order valence-electron chi connectivity index (χ1n) is 12.9. The molecule has 0 aliphatic heterocycles. The van der Waals surface area contributed by atoms with Crippen molar-refractivity contribution in [2.45, 2.75) is 123 Å². The fraction of sp³-hybridized carbons (Fsp3) is 0.741. The van der Waals surface area contributed by atoms with Crippen LogP contribution < -0.4 is 17.0 Å². The van der Waals surface area contributed by atoms with Crippen molar-refractivity contribution in [1.82, 2.24) is 5.43 Å². The van der Waals surface area contributed by atoms with Gasteiger partial charge >= 0.3 is 0 Å². The first kappa shape index (κ1) is 29.6. The molecule has 0 saturated carbocycles. The maximum atomic E-state index is 7.65. The van der Waals surface area contributed by atoms with Crippen LogP contribution in [0.3, 0.4) is 0 Å². The highest BCUT2D eigenvalue weighted by Crippen LogP contribution is 2.18. The van der Waals surface area contributed by atoms with E-state index in [-0.39, 0.29) is 5.84 Å². The number of hydrazine groups is 1. The van der Waals surface area contributed by atoms with E-state index in [9.17, 15) is 0 Å². The Balaban J connectivity index is 0.00000282. The van der Waals surface area contributed by atoms with Crippen LogP contribution in [0.15, 0.2) is 18.2 Å². The van der Waals surface area contributed by atoms with Gasteiger partial charge in [-0.1, -0.05) is 121 Å². The van der Waals surface area contributed by atoms with Crippen LogP contribution in [0.2, 0.25) is 0 Å². The van der Waals surface area contributed by atoms with Crippen LogP contribution in [-0.2, 0) is 6.42 Å². The molecule has 0 bridgehead atoms. The van der Waals surface area contributed by atoms with Crippen LogP contribution in [0, 0.1) is 12.3 Å². The lowest BCUT2D eigenvalue weighted by Gasteiger charge is -2.10. The molecule has 1 aromatic carbocycles. The minimum absolute atomic E-state index is 0.186. The predicted molar refractivity (Wildman–Crippen MR) is 139 cm³/mol. The summed E-state index contributed by atoms with van der Waals surface area (Å²) in [5.74, 6) is 4.78. The summed E-state index contributed by atoms with van der Waals surface area (Å²) in [4.78, 5) is 0. The lowest BCUT2D eigenvalue weighted by atomic mass is 9.97. The van der Waals surface area contributed by atoms with Crippen LogP contribution in [0.1, 0.15) is 126 Å². The molecule has 180 valence electrons. The van der Waals surface area contributed by atoms with Gasteiger partial charge in [0.25, 0.3) is 0 Å². The average Bonchev–Trinajstić information content (AvgIpc) is 2.75. The predicted octanol–water partition coefficient (Wildman–Crippen LogP) is 7.16. The summed E-state index contributed by atoms with van der Waals surface area (Å²) in [5, 5.41) is 7.65. The maximum absolute atomic E-state index is 7.65. The summed E-state index contributed by atoms with van der Waals surface area (Å²) in [6.07, 6.45) is 23.7. The lowest BCUT2D eigenvalue weighted by molar-refractivity contribution is 0.529. The standard InChI is InChI=1S/C26H46N2.CH6N2/c1-3-4-5-6-7-8-9-10-11-12-13-14-15-16-17-18-20-24-21-19-22-25(23(24)2)26(27)28;1-3-2/h19,21-22H,3-18,20H2,1-2H3,(H3,27,28);3H,2H2,1H3. The van der Waals surface area contributed by atoms with E-state index < -0.39 is 0 Å². The third-order valence-electron chi connectivity index (χ3n) is 6.04. The van der Waals surface area contributed by atoms with Crippen molar-refractivity contribution >= 4 is 5.84 Å². The Morgan fingerprint density at radius 1 is 0.774 bits per heavy atom. The number of aryl methyl sites for hydroxylation is 1. The third-order valence-corrected chi connectivity index (χ3v) is 6.04. The fourth-order valence-electron chi connectivity index (χ4n) is 4.11. The third kappa shape index (κ3) is 16.9. The van der Waals surface area contributed by atoms with Crippen LogP contribution >= 0.6 is 0 Å². The molecule has 0 radical (unpaired) electrons. The number of nitrogens with two attached hydrogens (primary N) is 2. The Morgan fingerprint density at radius 2 is 1.16 bits per heavy atom. The van der Waals surface area contributed by atoms with Crippen molar-refractivity contribution < 1.29 is 0 Å². The van der Waals surface area contributed by atoms with Crippen LogP contribution in [0.25, 0.3) is 0 Å². The van der Waals surface area contributed by atoms with Crippen molar-refractivity contribution in [3.8, 4) is 0 Å². The largest absolute Gasteiger partial charge is 0.384 e. The zero-order valence-corrected chi connectivity index (χ0v) is 20.9. The van der Waals surface area contributed by atoms with E-state index in [0.717, 1.165) is 12.0 Å². The molecule has 1 aromatic rings. The molecular weight excluding hydrogens is 380 g/mol. The Morgan fingerprint density at radius 3 is 1.55 bits per heavy atom. The van der Waals surface area contributed by atoms with Crippen molar-refractivity contribution in [3.63, 3.8) is 0 Å². The summed E-state index contributed by atoms with van der Waals surface area (Å²) < 4.78 is 0. The molecule has 0 atom stereocenters. The first-order chi connectivity index (χ1) is 15.1. The Labute approximate surface area is 193 Å². The van der Waals surface area contributed by atoms with Crippen molar-refractivity contribution in [2.24, 2.45) is 11.6 Å². The number of benzene rings is 1. The van der Waals surface area contributed by atoms with Gasteiger partial charge in [-0.05, 0) is 37.9 Å². The summed E-state index contributed by atoms with van der Waals surface area (Å²) in [5.41, 5.74) is 11.4. The SMILES string of the molecule is CCCCCCCCCCCCCCCCCCc1cccc(C(=N)N)c1C.CNN. The van der Waals surface area contributed by atoms with Gasteiger partial charge in [-0.15, -0.1) is 0 Å². The van der Waals surface area contributed by atoms with E-state index >= 15 is 0 Å². The molecule has 4 nitrogen and oxygen atoms in total. The minimum Gasteiger partial charge on any atom is -0.384 e. The summed E-state index contributed by atoms with van der Waals surface area (Å²) in [6, 6.07) is 6.17. The van der Waals surface area contributed by atoms with E-state index in [2.05, 4.69) is 31.2 Å². The van der Waals surface area contributed by atoms with Gasteiger partial charge in [0.05, 0.1) is 0 Å². The molecule has 0 amide bonds. The number of rotatable bonds is 18. The second kappa shape index (κ2) is 21.8. The zero-order chi connectivity index (χ0) is 23.2. The molecule has 0 aliphatic carbocycles. The number of amidine groups is 1. The number of hydrogen-bond acceptors (Lipinski definition) is 3. The van der Waals surface area contributed by atoms with E-state index in [1.165, 1.54) is 114 Å². The van der Waals surface area contributed by atoms with Crippen molar-refractivity contribution in [1.29, 1.82) is 5.41 Å². The van der Waals surface area contributed by atoms with Crippen LogP contribution in [0.5, 0.6) is 0 Å². The second-order valence-corrected chi connectivity index (χ2v) is 8.85. The normalized spacial score (nSPS) is 10.6. The molecule has 0 heterocycles. The van der Waals surface area contributed by atoms with Crippen LogP contribution in [-0.4, -0.2) is 12.9 Å². The Hall–Kier alpha value is -1.39. The van der Waals surface area contributed by atoms with Gasteiger partial charge in [0.2, 0.25) is 0 Å². The molecule has 0 aliphatic rings. The van der Waals surface area contributed by atoms with Gasteiger partial charge < -0.3 is 5.73 Å². The van der Waals surface area contributed by atoms with E-state index in [4.69, 9.17) is 11.1 Å². The fourth-order valence-corrected chi connectivity index (χ4v) is 4.11. The number of nitrogen functional groups attached to an aromatic ring is 1. The summed E-state index contributed by atoms with van der Waals surface area (Å²) >= 11 is 0. The Bertz CT molecular complexity index is 542. The smallest absolute Gasteiger partial charge is 0.123 e. The average molecular weight is 433 g/mol. The molecule has 0 unspecified atom stereocenters. The molecule has 4 heteroatoms. The molecule has 31 heavy (non-hydrogen) atoms. The summed E-state index contributed by atoms with van der Waals surface area (Å²) in [6.45, 7) is 4.38. The zero-order valence-electron chi connectivity index (χ0n) is 20.9. The second-order valence-electron chi connectivity index (χ2n) is 8.85. The quantitative estimate of drug-likeness (QED) is 0.0652. The topological polar surface area (TPSA) is 87.9 Å². The minimum atomic E-state index is 0.186.